The molecule has 0 spiro atoms. The van der Waals surface area contributed by atoms with Gasteiger partial charge in [-0.05, 0) is 25.7 Å². The molecule has 0 heterocycles. The van der Waals surface area contributed by atoms with E-state index in [0.717, 1.165) is 44.9 Å². The molecule has 0 saturated carbocycles. The van der Waals surface area contributed by atoms with Gasteiger partial charge in [0.2, 0.25) is 5.91 Å². The van der Waals surface area contributed by atoms with Gasteiger partial charge in [-0.3, -0.25) is 9.59 Å². The van der Waals surface area contributed by atoms with Crippen molar-refractivity contribution >= 4 is 11.9 Å². The topological polar surface area (TPSA) is 95.9 Å². The normalized spacial score (nSPS) is 13.3. The van der Waals surface area contributed by atoms with Crippen LogP contribution in [0.25, 0.3) is 0 Å². The number of carbonyl (C=O) groups excluding carboxylic acids is 2. The zero-order valence-electron chi connectivity index (χ0n) is 34.5. The van der Waals surface area contributed by atoms with Crippen LogP contribution in [-0.2, 0) is 14.3 Å². The van der Waals surface area contributed by atoms with Crippen LogP contribution < -0.4 is 5.32 Å². The molecule has 3 atom stereocenters. The van der Waals surface area contributed by atoms with Crippen molar-refractivity contribution in [1.29, 1.82) is 0 Å². The molecule has 3 unspecified atom stereocenters. The predicted molar refractivity (Wildman–Crippen MR) is 218 cm³/mol. The number of amides is 1. The zero-order chi connectivity index (χ0) is 37.5. The highest BCUT2D eigenvalue weighted by Gasteiger charge is 2.24. The molecule has 0 saturated heterocycles. The van der Waals surface area contributed by atoms with Crippen molar-refractivity contribution in [3.8, 4) is 0 Å². The van der Waals surface area contributed by atoms with E-state index in [0.29, 0.717) is 19.3 Å². The lowest BCUT2D eigenvalue weighted by atomic mass is 10.0. The lowest BCUT2D eigenvalue weighted by molar-refractivity contribution is -0.151. The summed E-state index contributed by atoms with van der Waals surface area (Å²) >= 11 is 0. The Morgan fingerprint density at radius 2 is 0.824 bits per heavy atom. The summed E-state index contributed by atoms with van der Waals surface area (Å²) in [6.07, 6.45) is 40.2. The van der Waals surface area contributed by atoms with E-state index in [9.17, 15) is 19.8 Å². The Kier molecular flexibility index (Phi) is 39.2. The monoisotopic (exact) mass is 724 g/mol. The second kappa shape index (κ2) is 40.1. The quantitative estimate of drug-likeness (QED) is 0.0431. The first kappa shape index (κ1) is 49.9. The molecule has 0 aromatic rings. The fourth-order valence-electron chi connectivity index (χ4n) is 7.20. The summed E-state index contributed by atoms with van der Waals surface area (Å²) in [6, 6.07) is -0.689. The van der Waals surface area contributed by atoms with Gasteiger partial charge in [0.05, 0.1) is 25.2 Å². The van der Waals surface area contributed by atoms with Gasteiger partial charge in [0.25, 0.3) is 0 Å². The molecule has 0 fully saturated rings. The maximum absolute atomic E-state index is 13.1. The van der Waals surface area contributed by atoms with Crippen LogP contribution in [0.1, 0.15) is 252 Å². The Labute approximate surface area is 317 Å². The molecule has 0 aromatic carbocycles. The number of hydrogen-bond acceptors (Lipinski definition) is 5. The molecule has 0 rings (SSSR count). The molecular weight excluding hydrogens is 634 g/mol. The Morgan fingerprint density at radius 1 is 0.490 bits per heavy atom. The molecule has 1 amide bonds. The smallest absolute Gasteiger partial charge is 0.306 e. The maximum atomic E-state index is 13.1. The zero-order valence-corrected chi connectivity index (χ0v) is 34.5. The fourth-order valence-corrected chi connectivity index (χ4v) is 7.20. The van der Waals surface area contributed by atoms with Crippen molar-refractivity contribution in [3.63, 3.8) is 0 Å². The first-order valence-electron chi connectivity index (χ1n) is 22.8. The SMILES string of the molecule is CCCCCCCCCCCCCCCCC(O)C(CO)NC(=O)CC(CCCCCCCCCC)OC(=O)CCCCCCCCCCCC. The van der Waals surface area contributed by atoms with Crippen molar-refractivity contribution in [2.24, 2.45) is 0 Å². The highest BCUT2D eigenvalue weighted by atomic mass is 16.5. The molecule has 0 aliphatic carbocycles. The van der Waals surface area contributed by atoms with Gasteiger partial charge in [0.15, 0.2) is 0 Å². The van der Waals surface area contributed by atoms with Gasteiger partial charge >= 0.3 is 5.97 Å². The van der Waals surface area contributed by atoms with E-state index in [1.165, 1.54) is 161 Å². The second-order valence-electron chi connectivity index (χ2n) is 15.8. The molecular formula is C45H89NO5. The predicted octanol–water partition coefficient (Wildman–Crippen LogP) is 12.8. The van der Waals surface area contributed by atoms with E-state index in [1.807, 2.05) is 0 Å². The van der Waals surface area contributed by atoms with Gasteiger partial charge in [-0.25, -0.2) is 0 Å². The minimum Gasteiger partial charge on any atom is -0.462 e. The number of aliphatic hydroxyl groups excluding tert-OH is 2. The summed E-state index contributed by atoms with van der Waals surface area (Å²) in [7, 11) is 0. The van der Waals surface area contributed by atoms with Crippen molar-refractivity contribution in [1.82, 2.24) is 5.32 Å². The number of hydrogen-bond donors (Lipinski definition) is 3. The van der Waals surface area contributed by atoms with Gasteiger partial charge in [-0.1, -0.05) is 213 Å². The molecule has 6 heteroatoms. The van der Waals surface area contributed by atoms with Crippen LogP contribution in [0.5, 0.6) is 0 Å². The first-order valence-corrected chi connectivity index (χ1v) is 22.8. The van der Waals surface area contributed by atoms with E-state index >= 15 is 0 Å². The Balaban J connectivity index is 4.42. The summed E-state index contributed by atoms with van der Waals surface area (Å²) < 4.78 is 5.87. The third-order valence-electron chi connectivity index (χ3n) is 10.7. The van der Waals surface area contributed by atoms with Crippen LogP contribution in [0.4, 0.5) is 0 Å². The van der Waals surface area contributed by atoms with Gasteiger partial charge in [0, 0.05) is 6.42 Å². The van der Waals surface area contributed by atoms with E-state index in [1.54, 1.807) is 0 Å². The van der Waals surface area contributed by atoms with Crippen LogP contribution in [0, 0.1) is 0 Å². The van der Waals surface area contributed by atoms with Gasteiger partial charge < -0.3 is 20.3 Å². The molecule has 0 aromatic heterocycles. The summed E-state index contributed by atoms with van der Waals surface area (Å²) in [5.41, 5.74) is 0. The van der Waals surface area contributed by atoms with Gasteiger partial charge in [-0.2, -0.15) is 0 Å². The number of ether oxygens (including phenoxy) is 1. The average Bonchev–Trinajstić information content (AvgIpc) is 3.12. The van der Waals surface area contributed by atoms with Crippen molar-refractivity contribution < 1.29 is 24.5 Å². The number of unbranched alkanes of at least 4 members (excludes halogenated alkanes) is 29. The Bertz CT molecular complexity index is 731. The fraction of sp³-hybridized carbons (Fsp3) is 0.956. The average molecular weight is 724 g/mol. The lowest BCUT2D eigenvalue weighted by Gasteiger charge is -2.24. The summed E-state index contributed by atoms with van der Waals surface area (Å²) in [5, 5.41) is 23.6. The number of rotatable bonds is 41. The first-order chi connectivity index (χ1) is 25.0. The maximum Gasteiger partial charge on any atom is 0.306 e. The van der Waals surface area contributed by atoms with E-state index in [4.69, 9.17) is 4.74 Å². The van der Waals surface area contributed by atoms with E-state index in [-0.39, 0.29) is 24.9 Å². The number of aliphatic hydroxyl groups is 2. The highest BCUT2D eigenvalue weighted by molar-refractivity contribution is 5.77. The van der Waals surface area contributed by atoms with E-state index in [2.05, 4.69) is 26.1 Å². The van der Waals surface area contributed by atoms with E-state index < -0.39 is 18.2 Å². The molecule has 0 aliphatic heterocycles. The molecule has 0 bridgehead atoms. The lowest BCUT2D eigenvalue weighted by Crippen LogP contribution is -2.46. The van der Waals surface area contributed by atoms with Crippen LogP contribution in [0.2, 0.25) is 0 Å². The number of nitrogens with one attached hydrogen (secondary N) is 1. The minimum atomic E-state index is -0.777. The molecule has 0 radical (unpaired) electrons. The number of esters is 1. The largest absolute Gasteiger partial charge is 0.462 e. The molecule has 3 N–H and O–H groups in total. The standard InChI is InChI=1S/C45H89NO5/c1-4-7-10-13-16-19-21-22-23-24-25-28-31-34-37-43(48)42(40-47)46-44(49)39-41(36-33-30-27-18-15-12-9-6-3)51-45(50)38-35-32-29-26-20-17-14-11-8-5-2/h41-43,47-48H,4-40H2,1-3H3,(H,46,49). The van der Waals surface area contributed by atoms with Crippen LogP contribution in [-0.4, -0.2) is 46.9 Å². The van der Waals surface area contributed by atoms with Crippen molar-refractivity contribution in [2.75, 3.05) is 6.61 Å². The molecule has 51 heavy (non-hydrogen) atoms. The summed E-state index contributed by atoms with van der Waals surface area (Å²) in [6.45, 7) is 6.45. The minimum absolute atomic E-state index is 0.0857. The molecule has 0 aliphatic rings. The Hall–Kier alpha value is -1.14. The van der Waals surface area contributed by atoms with Gasteiger partial charge in [0.1, 0.15) is 6.10 Å². The number of carbonyl (C=O) groups is 2. The highest BCUT2D eigenvalue weighted by Crippen LogP contribution is 2.18. The summed E-state index contributed by atoms with van der Waals surface area (Å²) in [5.74, 6) is -0.464. The van der Waals surface area contributed by atoms with Crippen molar-refractivity contribution in [3.05, 3.63) is 0 Å². The van der Waals surface area contributed by atoms with Crippen molar-refractivity contribution in [2.45, 2.75) is 270 Å². The summed E-state index contributed by atoms with van der Waals surface area (Å²) in [4.78, 5) is 25.8. The van der Waals surface area contributed by atoms with Gasteiger partial charge in [-0.15, -0.1) is 0 Å². The Morgan fingerprint density at radius 3 is 1.20 bits per heavy atom. The molecule has 304 valence electrons. The second-order valence-corrected chi connectivity index (χ2v) is 15.8. The molecule has 6 nitrogen and oxygen atoms in total. The van der Waals surface area contributed by atoms with Crippen LogP contribution in [0.15, 0.2) is 0 Å². The third kappa shape index (κ3) is 35.6. The van der Waals surface area contributed by atoms with Crippen LogP contribution >= 0.6 is 0 Å². The third-order valence-corrected chi connectivity index (χ3v) is 10.7. The van der Waals surface area contributed by atoms with Crippen LogP contribution in [0.3, 0.4) is 0 Å².